The summed E-state index contributed by atoms with van der Waals surface area (Å²) in [5.74, 6) is 0. The van der Waals surface area contributed by atoms with Gasteiger partial charge in [0.15, 0.2) is 0 Å². The molecule has 0 radical (unpaired) electrons. The largest absolute Gasteiger partial charge is 0.328 e. The standard InChI is InChI=1S/C7H11N5OS/c1-10-4-11(2)7(13)12(5-10)6-8-3-9-14-6/h3H,4-5H2,1-2H3. The van der Waals surface area contributed by atoms with Crippen LogP contribution in [0.1, 0.15) is 0 Å². The number of anilines is 1. The molecule has 2 amide bonds. The molecule has 1 aliphatic rings. The quantitative estimate of drug-likeness (QED) is 0.671. The Morgan fingerprint density at radius 1 is 1.43 bits per heavy atom. The second kappa shape index (κ2) is 3.50. The van der Waals surface area contributed by atoms with Gasteiger partial charge >= 0.3 is 6.03 Å². The smallest absolute Gasteiger partial charge is 0.314 e. The molecule has 7 heteroatoms. The predicted molar refractivity (Wildman–Crippen MR) is 53.0 cm³/mol. The molecule has 0 aliphatic carbocycles. The van der Waals surface area contributed by atoms with E-state index in [-0.39, 0.29) is 6.03 Å². The first-order valence-corrected chi connectivity index (χ1v) is 4.93. The first kappa shape index (κ1) is 9.35. The molecule has 1 fully saturated rings. The van der Waals surface area contributed by atoms with Crippen LogP contribution in [0.3, 0.4) is 0 Å². The van der Waals surface area contributed by atoms with E-state index in [2.05, 4.69) is 9.36 Å². The van der Waals surface area contributed by atoms with Gasteiger partial charge in [-0.3, -0.25) is 9.80 Å². The summed E-state index contributed by atoms with van der Waals surface area (Å²) in [4.78, 5) is 21.0. The lowest BCUT2D eigenvalue weighted by Crippen LogP contribution is -2.55. The Kier molecular flexibility index (Phi) is 2.34. The molecule has 1 saturated heterocycles. The number of carbonyl (C=O) groups excluding carboxylic acids is 1. The summed E-state index contributed by atoms with van der Waals surface area (Å²) < 4.78 is 3.88. The van der Waals surface area contributed by atoms with Crippen LogP contribution in [0.4, 0.5) is 9.93 Å². The normalized spacial score (nSPS) is 19.1. The van der Waals surface area contributed by atoms with Crippen molar-refractivity contribution in [3.05, 3.63) is 6.33 Å². The molecule has 0 atom stereocenters. The van der Waals surface area contributed by atoms with Crippen molar-refractivity contribution in [2.75, 3.05) is 32.3 Å². The van der Waals surface area contributed by atoms with Gasteiger partial charge in [-0.25, -0.2) is 9.78 Å². The van der Waals surface area contributed by atoms with Gasteiger partial charge in [0, 0.05) is 18.6 Å². The Morgan fingerprint density at radius 2 is 2.21 bits per heavy atom. The van der Waals surface area contributed by atoms with Crippen molar-refractivity contribution in [2.24, 2.45) is 0 Å². The summed E-state index contributed by atoms with van der Waals surface area (Å²) in [6, 6.07) is -0.0279. The number of carbonyl (C=O) groups is 1. The van der Waals surface area contributed by atoms with Crippen LogP contribution in [-0.2, 0) is 0 Å². The summed E-state index contributed by atoms with van der Waals surface area (Å²) in [6.07, 6.45) is 1.46. The third-order valence-corrected chi connectivity index (χ3v) is 2.66. The van der Waals surface area contributed by atoms with Gasteiger partial charge < -0.3 is 4.90 Å². The van der Waals surface area contributed by atoms with Gasteiger partial charge in [-0.15, -0.1) is 0 Å². The summed E-state index contributed by atoms with van der Waals surface area (Å²) in [6.45, 7) is 1.21. The minimum Gasteiger partial charge on any atom is -0.314 e. The fourth-order valence-corrected chi connectivity index (χ4v) is 1.92. The molecule has 1 aromatic heterocycles. The third-order valence-electron chi connectivity index (χ3n) is 1.97. The first-order chi connectivity index (χ1) is 6.68. The number of hydrogen-bond donors (Lipinski definition) is 0. The maximum absolute atomic E-state index is 11.7. The molecular formula is C7H11N5OS. The summed E-state index contributed by atoms with van der Waals surface area (Å²) in [7, 11) is 3.73. The highest BCUT2D eigenvalue weighted by molar-refractivity contribution is 7.09. The van der Waals surface area contributed by atoms with Crippen LogP contribution in [0, 0.1) is 0 Å². The Balaban J connectivity index is 2.21. The monoisotopic (exact) mass is 213 g/mol. The molecule has 0 bridgehead atoms. The van der Waals surface area contributed by atoms with Crippen LogP contribution in [0.25, 0.3) is 0 Å². The molecular weight excluding hydrogens is 202 g/mol. The van der Waals surface area contributed by atoms with Crippen molar-refractivity contribution in [3.63, 3.8) is 0 Å². The van der Waals surface area contributed by atoms with Crippen LogP contribution >= 0.6 is 11.5 Å². The van der Waals surface area contributed by atoms with E-state index in [9.17, 15) is 4.79 Å². The van der Waals surface area contributed by atoms with Gasteiger partial charge in [-0.05, 0) is 7.05 Å². The summed E-state index contributed by atoms with van der Waals surface area (Å²) >= 11 is 1.23. The van der Waals surface area contributed by atoms with Crippen LogP contribution in [-0.4, -0.2) is 52.6 Å². The molecule has 14 heavy (non-hydrogen) atoms. The maximum atomic E-state index is 11.7. The number of nitrogens with zero attached hydrogens (tertiary/aromatic N) is 5. The third kappa shape index (κ3) is 1.55. The molecule has 2 rings (SSSR count). The summed E-state index contributed by atoms with van der Waals surface area (Å²) in [5.41, 5.74) is 0. The van der Waals surface area contributed by atoms with Gasteiger partial charge in [0.05, 0.1) is 13.3 Å². The molecule has 0 spiro atoms. The molecule has 2 heterocycles. The lowest BCUT2D eigenvalue weighted by Gasteiger charge is -2.37. The lowest BCUT2D eigenvalue weighted by molar-refractivity contribution is 0.149. The van der Waals surface area contributed by atoms with Crippen LogP contribution in [0.2, 0.25) is 0 Å². The molecule has 1 aromatic rings. The van der Waals surface area contributed by atoms with Crippen molar-refractivity contribution in [2.45, 2.75) is 0 Å². The van der Waals surface area contributed by atoms with Gasteiger partial charge in [-0.1, -0.05) is 0 Å². The highest BCUT2D eigenvalue weighted by Crippen LogP contribution is 2.19. The highest BCUT2D eigenvalue weighted by atomic mass is 32.1. The van der Waals surface area contributed by atoms with E-state index in [1.165, 1.54) is 17.9 Å². The molecule has 0 aromatic carbocycles. The zero-order chi connectivity index (χ0) is 10.1. The van der Waals surface area contributed by atoms with Crippen molar-refractivity contribution in [3.8, 4) is 0 Å². The molecule has 0 saturated carbocycles. The van der Waals surface area contributed by atoms with Crippen LogP contribution in [0.15, 0.2) is 6.33 Å². The zero-order valence-electron chi connectivity index (χ0n) is 8.04. The SMILES string of the molecule is CN1CN(C)C(=O)N(c2ncns2)C1. The Hall–Kier alpha value is -1.21. The molecule has 76 valence electrons. The topological polar surface area (TPSA) is 52.6 Å². The fourth-order valence-electron chi connectivity index (χ4n) is 1.40. The van der Waals surface area contributed by atoms with Gasteiger partial charge in [0.1, 0.15) is 6.33 Å². The van der Waals surface area contributed by atoms with Crippen LogP contribution < -0.4 is 4.90 Å². The highest BCUT2D eigenvalue weighted by Gasteiger charge is 2.28. The van der Waals surface area contributed by atoms with E-state index >= 15 is 0 Å². The van der Waals surface area contributed by atoms with Crippen molar-refractivity contribution < 1.29 is 4.79 Å². The first-order valence-electron chi connectivity index (χ1n) is 4.16. The molecule has 0 N–H and O–H groups in total. The van der Waals surface area contributed by atoms with E-state index in [4.69, 9.17) is 0 Å². The average Bonchev–Trinajstić information content (AvgIpc) is 2.63. The Bertz CT molecular complexity index is 327. The molecule has 0 unspecified atom stereocenters. The van der Waals surface area contributed by atoms with E-state index in [0.717, 1.165) is 0 Å². The number of hydrogen-bond acceptors (Lipinski definition) is 5. The van der Waals surface area contributed by atoms with Gasteiger partial charge in [-0.2, -0.15) is 4.37 Å². The average molecular weight is 213 g/mol. The predicted octanol–water partition coefficient (Wildman–Crippen LogP) is 0.257. The minimum atomic E-state index is -0.0279. The van der Waals surface area contributed by atoms with Gasteiger partial charge in [0.2, 0.25) is 5.13 Å². The minimum absolute atomic E-state index is 0.0279. The Morgan fingerprint density at radius 3 is 2.86 bits per heavy atom. The zero-order valence-corrected chi connectivity index (χ0v) is 8.86. The van der Waals surface area contributed by atoms with E-state index in [1.807, 2.05) is 11.9 Å². The van der Waals surface area contributed by atoms with Crippen molar-refractivity contribution >= 4 is 22.7 Å². The number of urea groups is 1. The second-order valence-electron chi connectivity index (χ2n) is 3.27. The Labute approximate surface area is 85.9 Å². The summed E-state index contributed by atoms with van der Waals surface area (Å²) in [5, 5.41) is 0.647. The van der Waals surface area contributed by atoms with E-state index in [0.29, 0.717) is 18.5 Å². The van der Waals surface area contributed by atoms with Crippen LogP contribution in [0.5, 0.6) is 0 Å². The van der Waals surface area contributed by atoms with E-state index in [1.54, 1.807) is 16.8 Å². The maximum Gasteiger partial charge on any atom is 0.328 e. The molecule has 1 aliphatic heterocycles. The molecule has 6 nitrogen and oxygen atoms in total. The number of rotatable bonds is 1. The second-order valence-corrected chi connectivity index (χ2v) is 4.03. The lowest BCUT2D eigenvalue weighted by atomic mass is 10.5. The van der Waals surface area contributed by atoms with Gasteiger partial charge in [0.25, 0.3) is 0 Å². The van der Waals surface area contributed by atoms with Crippen molar-refractivity contribution in [1.82, 2.24) is 19.2 Å². The van der Waals surface area contributed by atoms with Crippen molar-refractivity contribution in [1.29, 1.82) is 0 Å². The van der Waals surface area contributed by atoms with E-state index < -0.39 is 0 Å². The fraction of sp³-hybridized carbons (Fsp3) is 0.571. The number of aromatic nitrogens is 2. The number of amides is 2.